The molecule has 1 aliphatic rings. The summed E-state index contributed by atoms with van der Waals surface area (Å²) in [4.78, 5) is 25.3. The van der Waals surface area contributed by atoms with Gasteiger partial charge in [-0.15, -0.1) is 0 Å². The van der Waals surface area contributed by atoms with Crippen LogP contribution in [0.1, 0.15) is 10.4 Å². The number of carbonyl (C=O) groups excluding carboxylic acids is 1. The van der Waals surface area contributed by atoms with E-state index in [1.54, 1.807) is 18.2 Å². The molecule has 6 heteroatoms. The fraction of sp³-hybridized carbons (Fsp3) is 0.250. The number of carboxylic acid groups (broad SMARTS) is 1. The van der Waals surface area contributed by atoms with E-state index >= 15 is 0 Å². The highest BCUT2D eigenvalue weighted by molar-refractivity contribution is 5.97. The number of aromatic nitrogens is 1. The number of hydrogen-bond acceptors (Lipinski definition) is 3. The van der Waals surface area contributed by atoms with Crippen molar-refractivity contribution in [3.05, 3.63) is 54.4 Å². The van der Waals surface area contributed by atoms with Gasteiger partial charge in [0, 0.05) is 30.2 Å². The number of aliphatic carboxylic acids is 1. The summed E-state index contributed by atoms with van der Waals surface area (Å²) in [6, 6.07) is 10.0. The average Bonchev–Trinajstić information content (AvgIpc) is 3.09. The zero-order valence-corrected chi connectivity index (χ0v) is 11.9. The molecule has 1 aromatic heterocycles. The van der Waals surface area contributed by atoms with Crippen molar-refractivity contribution in [2.24, 2.45) is 0 Å². The Kier molecular flexibility index (Phi) is 3.93. The Morgan fingerprint density at radius 1 is 1.18 bits per heavy atom. The summed E-state index contributed by atoms with van der Waals surface area (Å²) in [6.45, 7) is 0.661. The van der Waals surface area contributed by atoms with E-state index in [9.17, 15) is 14.7 Å². The minimum atomic E-state index is -1.05. The fourth-order valence-electron chi connectivity index (χ4n) is 2.52. The summed E-state index contributed by atoms with van der Waals surface area (Å²) < 4.78 is 7.06. The van der Waals surface area contributed by atoms with Gasteiger partial charge >= 0.3 is 5.97 Å². The Morgan fingerprint density at radius 3 is 2.68 bits per heavy atom. The van der Waals surface area contributed by atoms with Gasteiger partial charge in [0.25, 0.3) is 5.91 Å². The molecule has 22 heavy (non-hydrogen) atoms. The van der Waals surface area contributed by atoms with Crippen LogP contribution in [0.15, 0.2) is 48.8 Å². The lowest BCUT2D eigenvalue weighted by Crippen LogP contribution is -2.52. The molecule has 1 saturated heterocycles. The number of nitrogens with zero attached hydrogens (tertiary/aromatic N) is 2. The molecule has 6 nitrogen and oxygen atoms in total. The van der Waals surface area contributed by atoms with Gasteiger partial charge in [-0.25, -0.2) is 4.79 Å². The summed E-state index contributed by atoms with van der Waals surface area (Å²) in [5, 5.41) is 9.23. The van der Waals surface area contributed by atoms with Crippen LogP contribution in [0.4, 0.5) is 0 Å². The molecule has 2 heterocycles. The number of hydrogen-bond donors (Lipinski definition) is 1. The molecule has 2 aromatic rings. The van der Waals surface area contributed by atoms with Gasteiger partial charge in [0.2, 0.25) is 0 Å². The highest BCUT2D eigenvalue weighted by Gasteiger charge is 2.33. The Hall–Kier alpha value is -2.60. The smallest absolute Gasteiger partial charge is 0.328 e. The highest BCUT2D eigenvalue weighted by Crippen LogP contribution is 2.16. The van der Waals surface area contributed by atoms with Gasteiger partial charge in [0.05, 0.1) is 13.2 Å². The number of amides is 1. The zero-order chi connectivity index (χ0) is 15.5. The van der Waals surface area contributed by atoms with E-state index in [4.69, 9.17) is 4.74 Å². The molecular weight excluding hydrogens is 284 g/mol. The minimum absolute atomic E-state index is 0.0262. The molecule has 0 spiro atoms. The summed E-state index contributed by atoms with van der Waals surface area (Å²) in [7, 11) is 0. The van der Waals surface area contributed by atoms with Crippen molar-refractivity contribution in [1.82, 2.24) is 9.47 Å². The Labute approximate surface area is 127 Å². The Balaban J connectivity index is 1.88. The molecule has 1 atom stereocenters. The molecule has 3 rings (SSSR count). The molecule has 0 aliphatic carbocycles. The van der Waals surface area contributed by atoms with Crippen molar-refractivity contribution in [2.45, 2.75) is 6.04 Å². The van der Waals surface area contributed by atoms with Crippen LogP contribution in [-0.2, 0) is 9.53 Å². The first-order chi connectivity index (χ1) is 10.7. The van der Waals surface area contributed by atoms with E-state index in [0.29, 0.717) is 12.2 Å². The van der Waals surface area contributed by atoms with Crippen LogP contribution in [0.3, 0.4) is 0 Å². The number of carbonyl (C=O) groups is 2. The first-order valence-electron chi connectivity index (χ1n) is 7.02. The van der Waals surface area contributed by atoms with Crippen LogP contribution in [0.25, 0.3) is 5.69 Å². The molecule has 0 unspecified atom stereocenters. The van der Waals surface area contributed by atoms with Crippen LogP contribution in [0.2, 0.25) is 0 Å². The van der Waals surface area contributed by atoms with Crippen molar-refractivity contribution < 1.29 is 19.4 Å². The standard InChI is InChI=1S/C16H16N2O4/c19-15(18-8-9-22-11-14(18)16(20)21)12-4-3-5-13(10-12)17-6-1-2-7-17/h1-7,10,14H,8-9,11H2,(H,20,21)/t14-/m0/s1. The zero-order valence-electron chi connectivity index (χ0n) is 11.9. The van der Waals surface area contributed by atoms with Crippen molar-refractivity contribution in [3.63, 3.8) is 0 Å². The van der Waals surface area contributed by atoms with Crippen molar-refractivity contribution in [1.29, 1.82) is 0 Å². The summed E-state index contributed by atoms with van der Waals surface area (Å²) >= 11 is 0. The number of rotatable bonds is 3. The molecule has 1 fully saturated rings. The molecule has 1 aliphatic heterocycles. The number of ether oxygens (including phenoxy) is 1. The number of benzene rings is 1. The normalized spacial score (nSPS) is 18.2. The van der Waals surface area contributed by atoms with Gasteiger partial charge < -0.3 is 19.3 Å². The van der Waals surface area contributed by atoms with Crippen molar-refractivity contribution in [2.75, 3.05) is 19.8 Å². The quantitative estimate of drug-likeness (QED) is 0.930. The van der Waals surface area contributed by atoms with Gasteiger partial charge in [0.15, 0.2) is 6.04 Å². The largest absolute Gasteiger partial charge is 0.480 e. The van der Waals surface area contributed by atoms with Gasteiger partial charge in [-0.1, -0.05) is 6.07 Å². The maximum absolute atomic E-state index is 12.6. The Morgan fingerprint density at radius 2 is 1.95 bits per heavy atom. The van der Waals surface area contributed by atoms with Gasteiger partial charge in [-0.05, 0) is 30.3 Å². The van der Waals surface area contributed by atoms with E-state index in [-0.39, 0.29) is 19.1 Å². The van der Waals surface area contributed by atoms with Crippen molar-refractivity contribution in [3.8, 4) is 5.69 Å². The maximum Gasteiger partial charge on any atom is 0.328 e. The van der Waals surface area contributed by atoms with E-state index < -0.39 is 12.0 Å². The monoisotopic (exact) mass is 300 g/mol. The highest BCUT2D eigenvalue weighted by atomic mass is 16.5. The van der Waals surface area contributed by atoms with E-state index in [0.717, 1.165) is 5.69 Å². The SMILES string of the molecule is O=C(O)[C@@H]1COCCN1C(=O)c1cccc(-n2cccc2)c1. The predicted molar refractivity (Wildman–Crippen MR) is 79.0 cm³/mol. The topological polar surface area (TPSA) is 71.8 Å². The van der Waals surface area contributed by atoms with E-state index in [1.807, 2.05) is 35.2 Å². The fourth-order valence-corrected chi connectivity index (χ4v) is 2.52. The third-order valence-corrected chi connectivity index (χ3v) is 3.67. The third-order valence-electron chi connectivity index (χ3n) is 3.67. The molecule has 0 saturated carbocycles. The van der Waals surface area contributed by atoms with Crippen LogP contribution >= 0.6 is 0 Å². The first-order valence-corrected chi connectivity index (χ1v) is 7.02. The van der Waals surface area contributed by atoms with Crippen molar-refractivity contribution >= 4 is 11.9 Å². The molecule has 0 radical (unpaired) electrons. The maximum atomic E-state index is 12.6. The lowest BCUT2D eigenvalue weighted by atomic mass is 10.1. The second-order valence-corrected chi connectivity index (χ2v) is 5.07. The Bertz CT molecular complexity index is 681. The van der Waals surface area contributed by atoms with Gasteiger partial charge in [-0.3, -0.25) is 4.79 Å². The number of carboxylic acids is 1. The van der Waals surface area contributed by atoms with E-state index in [1.165, 1.54) is 4.90 Å². The number of morpholine rings is 1. The molecule has 1 N–H and O–H groups in total. The second kappa shape index (κ2) is 6.03. The molecule has 0 bridgehead atoms. The summed E-state index contributed by atoms with van der Waals surface area (Å²) in [6.07, 6.45) is 3.77. The molecule has 1 amide bonds. The lowest BCUT2D eigenvalue weighted by molar-refractivity contribution is -0.147. The third kappa shape index (κ3) is 2.73. The van der Waals surface area contributed by atoms with Crippen LogP contribution in [0, 0.1) is 0 Å². The summed E-state index contributed by atoms with van der Waals surface area (Å²) in [5.74, 6) is -1.33. The van der Waals surface area contributed by atoms with E-state index in [2.05, 4.69) is 0 Å². The lowest BCUT2D eigenvalue weighted by Gasteiger charge is -2.33. The summed E-state index contributed by atoms with van der Waals surface area (Å²) in [5.41, 5.74) is 1.33. The minimum Gasteiger partial charge on any atom is -0.480 e. The van der Waals surface area contributed by atoms with Gasteiger partial charge in [0.1, 0.15) is 0 Å². The van der Waals surface area contributed by atoms with Crippen LogP contribution in [-0.4, -0.2) is 52.3 Å². The predicted octanol–water partition coefficient (Wildman–Crippen LogP) is 1.40. The molecule has 114 valence electrons. The first kappa shape index (κ1) is 14.3. The van der Waals surface area contributed by atoms with Crippen LogP contribution in [0.5, 0.6) is 0 Å². The molecule has 1 aromatic carbocycles. The second-order valence-electron chi connectivity index (χ2n) is 5.07. The molecular formula is C16H16N2O4. The van der Waals surface area contributed by atoms with Gasteiger partial charge in [-0.2, -0.15) is 0 Å². The average molecular weight is 300 g/mol. The van der Waals surface area contributed by atoms with Crippen LogP contribution < -0.4 is 0 Å².